The van der Waals surface area contributed by atoms with Gasteiger partial charge < -0.3 is 14.4 Å². The SMILES string of the molecule is CCC(c1nc(C2(OC)CCCC2)no1)C(C)O. The van der Waals surface area contributed by atoms with Crippen LogP contribution in [0.15, 0.2) is 4.52 Å². The van der Waals surface area contributed by atoms with E-state index in [1.54, 1.807) is 14.0 Å². The van der Waals surface area contributed by atoms with Crippen LogP contribution in [0.1, 0.15) is 63.6 Å². The van der Waals surface area contributed by atoms with Crippen molar-refractivity contribution >= 4 is 0 Å². The zero-order valence-electron chi connectivity index (χ0n) is 11.3. The van der Waals surface area contributed by atoms with E-state index in [1.807, 2.05) is 6.92 Å². The van der Waals surface area contributed by atoms with Crippen molar-refractivity contribution in [2.24, 2.45) is 0 Å². The summed E-state index contributed by atoms with van der Waals surface area (Å²) < 4.78 is 10.9. The summed E-state index contributed by atoms with van der Waals surface area (Å²) in [6, 6.07) is 0. The molecule has 2 atom stereocenters. The summed E-state index contributed by atoms with van der Waals surface area (Å²) in [5, 5.41) is 13.8. The Hall–Kier alpha value is -0.940. The summed E-state index contributed by atoms with van der Waals surface area (Å²) in [5.74, 6) is 1.06. The minimum Gasteiger partial charge on any atom is -0.393 e. The highest BCUT2D eigenvalue weighted by Gasteiger charge is 2.40. The van der Waals surface area contributed by atoms with Gasteiger partial charge in [-0.25, -0.2) is 0 Å². The Labute approximate surface area is 108 Å². The molecule has 102 valence electrons. The first-order valence-electron chi connectivity index (χ1n) is 6.70. The van der Waals surface area contributed by atoms with E-state index < -0.39 is 6.10 Å². The Morgan fingerprint density at radius 1 is 1.44 bits per heavy atom. The molecule has 1 aliphatic carbocycles. The third kappa shape index (κ3) is 2.29. The molecule has 0 radical (unpaired) electrons. The van der Waals surface area contributed by atoms with Crippen molar-refractivity contribution in [2.75, 3.05) is 7.11 Å². The molecule has 1 heterocycles. The van der Waals surface area contributed by atoms with Crippen LogP contribution in [0.4, 0.5) is 0 Å². The summed E-state index contributed by atoms with van der Waals surface area (Å²) >= 11 is 0. The van der Waals surface area contributed by atoms with Crippen LogP contribution in [-0.2, 0) is 10.3 Å². The van der Waals surface area contributed by atoms with Gasteiger partial charge in [-0.1, -0.05) is 12.1 Å². The molecule has 0 aliphatic heterocycles. The van der Waals surface area contributed by atoms with Crippen molar-refractivity contribution in [3.8, 4) is 0 Å². The Morgan fingerprint density at radius 3 is 2.61 bits per heavy atom. The summed E-state index contributed by atoms with van der Waals surface area (Å²) in [6.07, 6.45) is 4.43. The van der Waals surface area contributed by atoms with Crippen LogP contribution in [0.25, 0.3) is 0 Å². The van der Waals surface area contributed by atoms with Gasteiger partial charge in [0.25, 0.3) is 0 Å². The van der Waals surface area contributed by atoms with Gasteiger partial charge in [-0.2, -0.15) is 4.98 Å². The highest BCUT2D eigenvalue weighted by Crippen LogP contribution is 2.40. The zero-order chi connectivity index (χ0) is 13.2. The second-order valence-electron chi connectivity index (χ2n) is 5.12. The second kappa shape index (κ2) is 5.36. The number of ether oxygens (including phenoxy) is 1. The van der Waals surface area contributed by atoms with E-state index >= 15 is 0 Å². The Kier molecular flexibility index (Phi) is 4.02. The Balaban J connectivity index is 2.24. The molecule has 0 bridgehead atoms. The highest BCUT2D eigenvalue weighted by molar-refractivity contribution is 5.06. The molecule has 1 N–H and O–H groups in total. The van der Waals surface area contributed by atoms with Crippen LogP contribution in [0.3, 0.4) is 0 Å². The molecule has 0 spiro atoms. The molecular weight excluding hydrogens is 232 g/mol. The van der Waals surface area contributed by atoms with Gasteiger partial charge in [-0.05, 0) is 39.0 Å². The number of aromatic nitrogens is 2. The molecule has 5 heteroatoms. The van der Waals surface area contributed by atoms with Gasteiger partial charge >= 0.3 is 0 Å². The molecular formula is C13H22N2O3. The van der Waals surface area contributed by atoms with Crippen LogP contribution in [0, 0.1) is 0 Å². The molecule has 18 heavy (non-hydrogen) atoms. The molecule has 1 saturated carbocycles. The Morgan fingerprint density at radius 2 is 2.11 bits per heavy atom. The number of nitrogens with zero attached hydrogens (tertiary/aromatic N) is 2. The fourth-order valence-corrected chi connectivity index (χ4v) is 2.76. The summed E-state index contributed by atoms with van der Waals surface area (Å²) in [6.45, 7) is 3.75. The number of aliphatic hydroxyl groups excluding tert-OH is 1. The fraction of sp³-hybridized carbons (Fsp3) is 0.846. The van der Waals surface area contributed by atoms with Gasteiger partial charge in [0, 0.05) is 7.11 Å². The normalized spacial score (nSPS) is 22.0. The van der Waals surface area contributed by atoms with Crippen molar-refractivity contribution < 1.29 is 14.4 Å². The van der Waals surface area contributed by atoms with E-state index in [0.717, 1.165) is 32.1 Å². The van der Waals surface area contributed by atoms with Gasteiger partial charge in [-0.3, -0.25) is 0 Å². The third-order valence-electron chi connectivity index (χ3n) is 3.99. The average Bonchev–Trinajstić information content (AvgIpc) is 2.98. The van der Waals surface area contributed by atoms with Gasteiger partial charge in [0.1, 0.15) is 5.60 Å². The van der Waals surface area contributed by atoms with Crippen molar-refractivity contribution in [2.45, 2.75) is 63.6 Å². The number of rotatable bonds is 5. The van der Waals surface area contributed by atoms with Crippen molar-refractivity contribution in [3.63, 3.8) is 0 Å². The third-order valence-corrected chi connectivity index (χ3v) is 3.99. The van der Waals surface area contributed by atoms with E-state index in [9.17, 15) is 5.11 Å². The van der Waals surface area contributed by atoms with E-state index in [4.69, 9.17) is 9.26 Å². The highest BCUT2D eigenvalue weighted by atomic mass is 16.5. The average molecular weight is 254 g/mol. The van der Waals surface area contributed by atoms with Crippen molar-refractivity contribution in [1.29, 1.82) is 0 Å². The van der Waals surface area contributed by atoms with Crippen molar-refractivity contribution in [3.05, 3.63) is 11.7 Å². The molecule has 0 aromatic carbocycles. The fourth-order valence-electron chi connectivity index (χ4n) is 2.76. The lowest BCUT2D eigenvalue weighted by Gasteiger charge is -2.22. The maximum atomic E-state index is 9.70. The summed E-state index contributed by atoms with van der Waals surface area (Å²) in [7, 11) is 1.70. The lowest BCUT2D eigenvalue weighted by atomic mass is 9.99. The zero-order valence-corrected chi connectivity index (χ0v) is 11.3. The van der Waals surface area contributed by atoms with E-state index in [1.165, 1.54) is 0 Å². The van der Waals surface area contributed by atoms with E-state index in [-0.39, 0.29) is 11.5 Å². The molecule has 1 aromatic heterocycles. The topological polar surface area (TPSA) is 68.4 Å². The van der Waals surface area contributed by atoms with Crippen LogP contribution in [0.2, 0.25) is 0 Å². The predicted molar refractivity (Wildman–Crippen MR) is 66.2 cm³/mol. The smallest absolute Gasteiger partial charge is 0.232 e. The molecule has 1 aromatic rings. The largest absolute Gasteiger partial charge is 0.393 e. The van der Waals surface area contributed by atoms with Gasteiger partial charge in [0.05, 0.1) is 12.0 Å². The first kappa shape index (κ1) is 13.5. The molecule has 0 amide bonds. The lowest BCUT2D eigenvalue weighted by Crippen LogP contribution is -2.26. The van der Waals surface area contributed by atoms with Gasteiger partial charge in [0.15, 0.2) is 0 Å². The van der Waals surface area contributed by atoms with Crippen LogP contribution >= 0.6 is 0 Å². The minimum atomic E-state index is -0.481. The first-order chi connectivity index (χ1) is 8.63. The number of methoxy groups -OCH3 is 1. The molecule has 2 rings (SSSR count). The maximum Gasteiger partial charge on any atom is 0.232 e. The summed E-state index contributed by atoms with van der Waals surface area (Å²) in [5.41, 5.74) is -0.376. The lowest BCUT2D eigenvalue weighted by molar-refractivity contribution is -0.0178. The van der Waals surface area contributed by atoms with Gasteiger partial charge in [-0.15, -0.1) is 0 Å². The van der Waals surface area contributed by atoms with E-state index in [2.05, 4.69) is 10.1 Å². The summed E-state index contributed by atoms with van der Waals surface area (Å²) in [4.78, 5) is 4.46. The van der Waals surface area contributed by atoms with Gasteiger partial charge in [0.2, 0.25) is 11.7 Å². The minimum absolute atomic E-state index is 0.0958. The molecule has 1 aliphatic rings. The predicted octanol–water partition coefficient (Wildman–Crippen LogP) is 2.36. The molecule has 2 unspecified atom stereocenters. The molecule has 1 fully saturated rings. The van der Waals surface area contributed by atoms with Crippen LogP contribution < -0.4 is 0 Å². The quantitative estimate of drug-likeness (QED) is 0.873. The molecule has 5 nitrogen and oxygen atoms in total. The number of hydrogen-bond donors (Lipinski definition) is 1. The standard InChI is InChI=1S/C13H22N2O3/c1-4-10(9(2)16)11-14-12(15-18-11)13(17-3)7-5-6-8-13/h9-10,16H,4-8H2,1-3H3. The first-order valence-corrected chi connectivity index (χ1v) is 6.70. The maximum absolute atomic E-state index is 9.70. The van der Waals surface area contributed by atoms with Crippen LogP contribution in [0.5, 0.6) is 0 Å². The van der Waals surface area contributed by atoms with Crippen molar-refractivity contribution in [1.82, 2.24) is 10.1 Å². The monoisotopic (exact) mass is 254 g/mol. The number of hydrogen-bond acceptors (Lipinski definition) is 5. The Bertz CT molecular complexity index is 383. The van der Waals surface area contributed by atoms with Crippen LogP contribution in [-0.4, -0.2) is 28.5 Å². The molecule has 0 saturated heterocycles. The number of aliphatic hydroxyl groups is 1. The van der Waals surface area contributed by atoms with E-state index in [0.29, 0.717) is 11.7 Å². The second-order valence-corrected chi connectivity index (χ2v) is 5.12.